The predicted octanol–water partition coefficient (Wildman–Crippen LogP) is 1.77. The summed E-state index contributed by atoms with van der Waals surface area (Å²) >= 11 is 5.81. The number of ether oxygens (including phenoxy) is 1. The summed E-state index contributed by atoms with van der Waals surface area (Å²) < 4.78 is 4.97. The maximum absolute atomic E-state index is 5.81. The molecule has 0 aromatic carbocycles. The minimum atomic E-state index is 0.173. The fraction of sp³-hybridized carbons (Fsp3) is 0.700. The van der Waals surface area contributed by atoms with Crippen LogP contribution in [-0.2, 0) is 0 Å². The molecule has 1 aliphatic rings. The van der Waals surface area contributed by atoms with Crippen molar-refractivity contribution in [3.8, 4) is 6.01 Å². The number of aromatic nitrogens is 3. The van der Waals surface area contributed by atoms with Crippen LogP contribution in [0.15, 0.2) is 0 Å². The lowest BCUT2D eigenvalue weighted by atomic mass is 9.93. The number of nitrogens with zero attached hydrogens (tertiary/aromatic N) is 4. The number of anilines is 1. The summed E-state index contributed by atoms with van der Waals surface area (Å²) in [5.74, 6) is 0.599. The molecule has 1 saturated heterocycles. The standard InChI is InChI=1S/C10H15ClN4O/c1-10(2)4-5-15(6-10)8-12-7(11)13-9(14-8)16-3/h4-6H2,1-3H3. The molecule has 2 heterocycles. The summed E-state index contributed by atoms with van der Waals surface area (Å²) in [6.07, 6.45) is 1.12. The SMILES string of the molecule is COc1nc(Cl)nc(N2CCC(C)(C)C2)n1. The van der Waals surface area contributed by atoms with Crippen LogP contribution >= 0.6 is 11.6 Å². The number of hydrogen-bond acceptors (Lipinski definition) is 5. The van der Waals surface area contributed by atoms with Gasteiger partial charge in [-0.05, 0) is 23.4 Å². The number of methoxy groups -OCH3 is 1. The Morgan fingerprint density at radius 2 is 2.06 bits per heavy atom. The quantitative estimate of drug-likeness (QED) is 0.791. The van der Waals surface area contributed by atoms with E-state index in [0.29, 0.717) is 11.4 Å². The van der Waals surface area contributed by atoms with Crippen molar-refractivity contribution in [1.82, 2.24) is 15.0 Å². The van der Waals surface area contributed by atoms with Gasteiger partial charge in [-0.1, -0.05) is 13.8 Å². The Kier molecular flexibility index (Phi) is 2.88. The highest BCUT2D eigenvalue weighted by Gasteiger charge is 2.31. The van der Waals surface area contributed by atoms with Crippen molar-refractivity contribution in [3.05, 3.63) is 5.28 Å². The Morgan fingerprint density at radius 1 is 1.31 bits per heavy atom. The Labute approximate surface area is 99.8 Å². The molecule has 16 heavy (non-hydrogen) atoms. The molecule has 0 unspecified atom stereocenters. The van der Waals surface area contributed by atoms with Crippen molar-refractivity contribution in [2.75, 3.05) is 25.1 Å². The maximum atomic E-state index is 5.81. The van der Waals surface area contributed by atoms with E-state index < -0.39 is 0 Å². The normalized spacial score (nSPS) is 18.9. The summed E-state index contributed by atoms with van der Waals surface area (Å²) in [7, 11) is 1.52. The number of halogens is 1. The van der Waals surface area contributed by atoms with Crippen molar-refractivity contribution < 1.29 is 4.74 Å². The number of hydrogen-bond donors (Lipinski definition) is 0. The van der Waals surface area contributed by atoms with Gasteiger partial charge in [-0.15, -0.1) is 0 Å². The van der Waals surface area contributed by atoms with Crippen LogP contribution in [0.5, 0.6) is 6.01 Å². The lowest BCUT2D eigenvalue weighted by Gasteiger charge is -2.19. The molecule has 0 spiro atoms. The molecule has 0 saturated carbocycles. The molecule has 0 bridgehead atoms. The van der Waals surface area contributed by atoms with Gasteiger partial charge in [0.2, 0.25) is 11.2 Å². The molecule has 1 aromatic heterocycles. The first-order valence-corrected chi connectivity index (χ1v) is 5.58. The Bertz CT molecular complexity index is 396. The molecule has 0 radical (unpaired) electrons. The van der Waals surface area contributed by atoms with E-state index in [9.17, 15) is 0 Å². The summed E-state index contributed by atoms with van der Waals surface area (Å²) in [6, 6.07) is 0.264. The van der Waals surface area contributed by atoms with Crippen molar-refractivity contribution in [2.45, 2.75) is 20.3 Å². The van der Waals surface area contributed by atoms with Crippen molar-refractivity contribution in [3.63, 3.8) is 0 Å². The Balaban J connectivity index is 2.24. The molecule has 1 aromatic rings. The third kappa shape index (κ3) is 2.35. The van der Waals surface area contributed by atoms with E-state index in [4.69, 9.17) is 16.3 Å². The molecule has 6 heteroatoms. The number of rotatable bonds is 2. The lowest BCUT2D eigenvalue weighted by molar-refractivity contribution is 0.377. The molecule has 88 valence electrons. The van der Waals surface area contributed by atoms with E-state index >= 15 is 0 Å². The second kappa shape index (κ2) is 4.05. The minimum absolute atomic E-state index is 0.173. The molecule has 2 rings (SSSR count). The van der Waals surface area contributed by atoms with Gasteiger partial charge in [-0.25, -0.2) is 0 Å². The van der Waals surface area contributed by atoms with Crippen molar-refractivity contribution in [2.24, 2.45) is 5.41 Å². The zero-order valence-corrected chi connectivity index (χ0v) is 10.5. The van der Waals surface area contributed by atoms with Crippen LogP contribution in [0.25, 0.3) is 0 Å². The highest BCUT2D eigenvalue weighted by Crippen LogP contribution is 2.31. The average Bonchev–Trinajstić information content (AvgIpc) is 2.58. The summed E-state index contributed by atoms with van der Waals surface area (Å²) in [4.78, 5) is 14.3. The smallest absolute Gasteiger partial charge is 0.322 e. The maximum Gasteiger partial charge on any atom is 0.322 e. The summed E-state index contributed by atoms with van der Waals surface area (Å²) in [5, 5.41) is 0.173. The zero-order valence-electron chi connectivity index (χ0n) is 9.70. The molecule has 5 nitrogen and oxygen atoms in total. The zero-order chi connectivity index (χ0) is 11.8. The molecule has 0 N–H and O–H groups in total. The van der Waals surface area contributed by atoms with E-state index in [2.05, 4.69) is 33.7 Å². The van der Waals surface area contributed by atoms with Gasteiger partial charge in [-0.3, -0.25) is 0 Å². The highest BCUT2D eigenvalue weighted by molar-refractivity contribution is 6.28. The highest BCUT2D eigenvalue weighted by atomic mass is 35.5. The lowest BCUT2D eigenvalue weighted by Crippen LogP contribution is -2.25. The predicted molar refractivity (Wildman–Crippen MR) is 62.0 cm³/mol. The molecular weight excluding hydrogens is 228 g/mol. The molecule has 1 fully saturated rings. The second-order valence-electron chi connectivity index (χ2n) is 4.73. The van der Waals surface area contributed by atoms with Crippen LogP contribution in [0, 0.1) is 5.41 Å². The van der Waals surface area contributed by atoms with Crippen LogP contribution < -0.4 is 9.64 Å². The van der Waals surface area contributed by atoms with Crippen LogP contribution in [0.2, 0.25) is 5.28 Å². The van der Waals surface area contributed by atoms with E-state index in [1.807, 2.05) is 0 Å². The monoisotopic (exact) mass is 242 g/mol. The van der Waals surface area contributed by atoms with Crippen molar-refractivity contribution in [1.29, 1.82) is 0 Å². The summed E-state index contributed by atoms with van der Waals surface area (Å²) in [6.45, 7) is 6.33. The van der Waals surface area contributed by atoms with Crippen LogP contribution in [-0.4, -0.2) is 35.2 Å². The Hall–Kier alpha value is -1.10. The molecule has 0 amide bonds. The Morgan fingerprint density at radius 3 is 2.62 bits per heavy atom. The van der Waals surface area contributed by atoms with Crippen LogP contribution in [0.3, 0.4) is 0 Å². The van der Waals surface area contributed by atoms with Gasteiger partial charge in [0.05, 0.1) is 7.11 Å². The van der Waals surface area contributed by atoms with Gasteiger partial charge in [0.15, 0.2) is 0 Å². The van der Waals surface area contributed by atoms with Gasteiger partial charge in [0.1, 0.15) is 0 Å². The van der Waals surface area contributed by atoms with Crippen LogP contribution in [0.4, 0.5) is 5.95 Å². The van der Waals surface area contributed by atoms with Crippen LogP contribution in [0.1, 0.15) is 20.3 Å². The third-order valence-electron chi connectivity index (χ3n) is 2.72. The first kappa shape index (κ1) is 11.4. The van der Waals surface area contributed by atoms with E-state index in [0.717, 1.165) is 19.5 Å². The second-order valence-corrected chi connectivity index (χ2v) is 5.06. The molecule has 0 aliphatic carbocycles. The van der Waals surface area contributed by atoms with Gasteiger partial charge < -0.3 is 9.64 Å². The van der Waals surface area contributed by atoms with E-state index in [1.165, 1.54) is 7.11 Å². The molecule has 1 aliphatic heterocycles. The molecular formula is C10H15ClN4O. The first-order valence-electron chi connectivity index (χ1n) is 5.21. The largest absolute Gasteiger partial charge is 0.467 e. The van der Waals surface area contributed by atoms with Gasteiger partial charge >= 0.3 is 6.01 Å². The first-order chi connectivity index (χ1) is 7.50. The van der Waals surface area contributed by atoms with Crippen molar-refractivity contribution >= 4 is 17.5 Å². The fourth-order valence-electron chi connectivity index (χ4n) is 1.84. The topological polar surface area (TPSA) is 51.1 Å². The molecule has 0 atom stereocenters. The van der Waals surface area contributed by atoms with E-state index in [-0.39, 0.29) is 11.3 Å². The minimum Gasteiger partial charge on any atom is -0.467 e. The van der Waals surface area contributed by atoms with E-state index in [1.54, 1.807) is 0 Å². The van der Waals surface area contributed by atoms with Gasteiger partial charge in [0.25, 0.3) is 0 Å². The van der Waals surface area contributed by atoms with Gasteiger partial charge in [-0.2, -0.15) is 15.0 Å². The van der Waals surface area contributed by atoms with Gasteiger partial charge in [0, 0.05) is 13.1 Å². The fourth-order valence-corrected chi connectivity index (χ4v) is 1.99. The third-order valence-corrected chi connectivity index (χ3v) is 2.89. The summed E-state index contributed by atoms with van der Waals surface area (Å²) in [5.41, 5.74) is 0.298. The average molecular weight is 243 g/mol.